The number of hydrogen-bond donors (Lipinski definition) is 0. The summed E-state index contributed by atoms with van der Waals surface area (Å²) in [5.41, 5.74) is 0. The van der Waals surface area contributed by atoms with Gasteiger partial charge >= 0.3 is 27.5 Å². The predicted molar refractivity (Wildman–Crippen MR) is 20.3 cm³/mol. The molecule has 1 rings (SSSR count). The molecular weight excluding hydrogens is 86.0 g/mol. The Hall–Kier alpha value is 0.380. The molecule has 0 unspecified atom stereocenters. The molecule has 18 valence electrons. The topological polar surface area (TPSA) is 0 Å². The van der Waals surface area contributed by atoms with Crippen molar-refractivity contribution in [3.05, 3.63) is 10.5 Å². The SMILES string of the molecule is [P-]=c1c#[p+]1. The van der Waals surface area contributed by atoms with Crippen molar-refractivity contribution >= 4 is 17.1 Å². The van der Waals surface area contributed by atoms with Crippen LogP contribution in [0.25, 0.3) is 0 Å². The minimum atomic E-state index is 1.08. The molecular formula is C2P2. The Morgan fingerprint density at radius 1 is 2.00 bits per heavy atom. The van der Waals surface area contributed by atoms with E-state index in [2.05, 4.69) is 14.7 Å². The summed E-state index contributed by atoms with van der Waals surface area (Å²) in [5, 5.41) is 0. The molecule has 4 heavy (non-hydrogen) atoms. The van der Waals surface area contributed by atoms with Crippen LogP contribution in [-0.2, 0) is 0 Å². The maximum absolute atomic E-state index is 3.87. The van der Waals surface area contributed by atoms with Crippen molar-refractivity contribution < 1.29 is 0 Å². The molecule has 0 aliphatic heterocycles. The number of rotatable bonds is 0. The van der Waals surface area contributed by atoms with Gasteiger partial charge in [-0.15, -0.1) is 0 Å². The van der Waals surface area contributed by atoms with Gasteiger partial charge in [0.05, 0.1) is 0 Å². The third-order valence-electron chi connectivity index (χ3n) is 0.212. The third-order valence-corrected chi connectivity index (χ3v) is 1.24. The van der Waals surface area contributed by atoms with Crippen LogP contribution in [0, 0.1) is 10.5 Å². The van der Waals surface area contributed by atoms with Crippen molar-refractivity contribution in [3.8, 4) is 0 Å². The summed E-state index contributed by atoms with van der Waals surface area (Å²) in [6.45, 7) is 0. The second kappa shape index (κ2) is 0.661. The zero-order valence-corrected chi connectivity index (χ0v) is 3.68. The van der Waals surface area contributed by atoms with E-state index in [1.165, 1.54) is 8.19 Å². The van der Waals surface area contributed by atoms with E-state index >= 15 is 0 Å². The third kappa shape index (κ3) is 0.397. The van der Waals surface area contributed by atoms with E-state index in [4.69, 9.17) is 0 Å². The Labute approximate surface area is 28.5 Å². The first-order valence-corrected chi connectivity index (χ1v) is 2.26. The molecule has 2 heteroatoms. The first kappa shape index (κ1) is 2.61. The van der Waals surface area contributed by atoms with Gasteiger partial charge in [0.25, 0.3) is 0 Å². The van der Waals surface area contributed by atoms with Crippen LogP contribution in [0.4, 0.5) is 0 Å². The Morgan fingerprint density at radius 2 is 2.25 bits per heavy atom. The summed E-state index contributed by atoms with van der Waals surface area (Å²) < 4.78 is 1.08. The van der Waals surface area contributed by atoms with Crippen LogP contribution < -0.4 is 0 Å². The summed E-state index contributed by atoms with van der Waals surface area (Å²) in [7, 11) is 5.07. The zero-order valence-electron chi connectivity index (χ0n) is 1.89. The van der Waals surface area contributed by atoms with E-state index in [1.54, 1.807) is 0 Å². The van der Waals surface area contributed by atoms with Crippen LogP contribution in [0.1, 0.15) is 0 Å². The summed E-state index contributed by atoms with van der Waals surface area (Å²) >= 11 is 0. The van der Waals surface area contributed by atoms with Crippen molar-refractivity contribution in [3.63, 3.8) is 0 Å². The van der Waals surface area contributed by atoms with E-state index in [0.29, 0.717) is 0 Å². The van der Waals surface area contributed by atoms with Gasteiger partial charge in [-0.25, -0.2) is 0 Å². The van der Waals surface area contributed by atoms with Gasteiger partial charge in [0.15, 0.2) is 0 Å². The second-order valence-electron chi connectivity index (χ2n) is 0.547. The van der Waals surface area contributed by atoms with E-state index in [9.17, 15) is 0 Å². The van der Waals surface area contributed by atoms with Gasteiger partial charge in [0.1, 0.15) is 0 Å². The van der Waals surface area contributed by atoms with Crippen LogP contribution in [-0.4, -0.2) is 0 Å². The molecule has 0 atom stereocenters. The van der Waals surface area contributed by atoms with Gasteiger partial charge in [-0.05, 0) is 0 Å². The molecule has 0 saturated carbocycles. The Bertz CT molecular complexity index is 92.8. The molecule has 0 saturated heterocycles. The molecule has 0 spiro atoms. The van der Waals surface area contributed by atoms with E-state index in [-0.39, 0.29) is 0 Å². The van der Waals surface area contributed by atoms with Crippen LogP contribution >= 0.6 is 17.1 Å². The van der Waals surface area contributed by atoms with Crippen molar-refractivity contribution in [1.29, 1.82) is 0 Å². The van der Waals surface area contributed by atoms with E-state index < -0.39 is 0 Å². The van der Waals surface area contributed by atoms with Crippen LogP contribution in [0.5, 0.6) is 0 Å². The molecule has 0 fully saturated rings. The van der Waals surface area contributed by atoms with Crippen molar-refractivity contribution in [1.82, 2.24) is 0 Å². The van der Waals surface area contributed by atoms with Crippen LogP contribution in [0.15, 0.2) is 0 Å². The molecule has 0 radical (unpaired) electrons. The maximum atomic E-state index is 3.87. The average Bonchev–Trinajstić information content (AvgIpc) is 1.75. The van der Waals surface area contributed by atoms with Gasteiger partial charge < -0.3 is 0 Å². The molecule has 0 amide bonds. The normalized spacial score (nSPS) is 8.00. The van der Waals surface area contributed by atoms with Gasteiger partial charge in [0.2, 0.25) is 0 Å². The zero-order chi connectivity index (χ0) is 2.99. The minimum absolute atomic E-state index is 1.08. The Kier molecular flexibility index (Phi) is 0.431. The van der Waals surface area contributed by atoms with Gasteiger partial charge in [0, 0.05) is 0 Å². The van der Waals surface area contributed by atoms with Crippen molar-refractivity contribution in [2.45, 2.75) is 0 Å². The quantitative estimate of drug-likeness (QED) is 0.423. The van der Waals surface area contributed by atoms with Crippen molar-refractivity contribution in [2.75, 3.05) is 0 Å². The van der Waals surface area contributed by atoms with Crippen LogP contribution in [0.2, 0.25) is 0 Å². The summed E-state index contributed by atoms with van der Waals surface area (Å²) in [6.07, 6.45) is 0. The fourth-order valence-corrected chi connectivity index (χ4v) is 0.225. The van der Waals surface area contributed by atoms with Gasteiger partial charge in [-0.1, -0.05) is 0 Å². The predicted octanol–water partition coefficient (Wildman–Crippen LogP) is 1.88. The first-order chi connectivity index (χ1) is 1.89. The molecule has 1 aromatic heterocycles. The van der Waals surface area contributed by atoms with Crippen molar-refractivity contribution in [2.24, 2.45) is 0 Å². The molecule has 0 aliphatic rings. The van der Waals surface area contributed by atoms with Gasteiger partial charge in [-0.2, -0.15) is 0 Å². The molecule has 1 heterocycles. The summed E-state index contributed by atoms with van der Waals surface area (Å²) in [4.78, 5) is 0. The fraction of sp³-hybridized carbons (Fsp3) is 0. The second-order valence-corrected chi connectivity index (χ2v) is 2.24. The molecule has 0 N–H and O–H groups in total. The molecule has 0 aliphatic carbocycles. The van der Waals surface area contributed by atoms with E-state index in [0.717, 1.165) is 4.67 Å². The molecule has 0 aromatic carbocycles. The Morgan fingerprint density at radius 3 is 2.25 bits per heavy atom. The summed E-state index contributed by atoms with van der Waals surface area (Å²) in [5.74, 6) is 2.85. The standard InChI is InChI=1S/C2P2/c3-2-1-4-2. The average molecular weight is 86.0 g/mol. The summed E-state index contributed by atoms with van der Waals surface area (Å²) in [6, 6.07) is 0. The Balaban J connectivity index is 3.55. The monoisotopic (exact) mass is 85.9 g/mol. The van der Waals surface area contributed by atoms with Gasteiger partial charge in [-0.3, -0.25) is 0 Å². The number of hydrogen-bond acceptors (Lipinski definition) is 0. The first-order valence-electron chi connectivity index (χ1n) is 0.921. The van der Waals surface area contributed by atoms with Crippen LogP contribution in [0.3, 0.4) is 0 Å². The molecule has 1 aromatic rings. The molecule has 0 nitrogen and oxygen atoms in total. The van der Waals surface area contributed by atoms with E-state index in [1.807, 2.05) is 0 Å². The fourth-order valence-electron chi connectivity index (χ4n) is 0.0250. The molecule has 0 bridgehead atoms.